The standard InChI is InChI=1S/C12H22N2O3/c1-4-5-9(10(15)16)13-11(17)14-12(2,3)8-6-7-8/h8-9H,4-7H2,1-3H3,(H,15,16)(H2,13,14,17)/t9-/m1/s1. The number of amides is 2. The van der Waals surface area contributed by atoms with Crippen LogP contribution in [0.4, 0.5) is 4.79 Å². The van der Waals surface area contributed by atoms with Gasteiger partial charge in [-0.15, -0.1) is 0 Å². The molecule has 0 bridgehead atoms. The molecule has 1 saturated carbocycles. The van der Waals surface area contributed by atoms with E-state index in [1.807, 2.05) is 20.8 Å². The summed E-state index contributed by atoms with van der Waals surface area (Å²) in [6, 6.07) is -1.18. The molecule has 1 atom stereocenters. The number of nitrogens with one attached hydrogen (secondary N) is 2. The van der Waals surface area contributed by atoms with Crippen LogP contribution in [-0.2, 0) is 4.79 Å². The Morgan fingerprint density at radius 1 is 1.41 bits per heavy atom. The number of aliphatic carboxylic acids is 1. The maximum absolute atomic E-state index is 11.7. The van der Waals surface area contributed by atoms with E-state index >= 15 is 0 Å². The molecule has 17 heavy (non-hydrogen) atoms. The van der Waals surface area contributed by atoms with Crippen molar-refractivity contribution in [2.75, 3.05) is 0 Å². The van der Waals surface area contributed by atoms with Crippen molar-refractivity contribution in [3.63, 3.8) is 0 Å². The molecule has 0 saturated heterocycles. The number of hydrogen-bond donors (Lipinski definition) is 3. The minimum Gasteiger partial charge on any atom is -0.480 e. The fraction of sp³-hybridized carbons (Fsp3) is 0.833. The average Bonchev–Trinajstić information content (AvgIpc) is 2.98. The Bertz CT molecular complexity index is 298. The highest BCUT2D eigenvalue weighted by atomic mass is 16.4. The lowest BCUT2D eigenvalue weighted by Gasteiger charge is -2.27. The zero-order valence-electron chi connectivity index (χ0n) is 10.7. The maximum atomic E-state index is 11.7. The van der Waals surface area contributed by atoms with Crippen molar-refractivity contribution in [1.29, 1.82) is 0 Å². The summed E-state index contributed by atoms with van der Waals surface area (Å²) in [4.78, 5) is 22.6. The largest absolute Gasteiger partial charge is 0.480 e. The summed E-state index contributed by atoms with van der Waals surface area (Å²) in [6.07, 6.45) is 3.44. The highest BCUT2D eigenvalue weighted by Crippen LogP contribution is 2.39. The van der Waals surface area contributed by atoms with Gasteiger partial charge in [0.2, 0.25) is 0 Å². The molecule has 2 amide bonds. The number of carbonyl (C=O) groups is 2. The Morgan fingerprint density at radius 2 is 2.00 bits per heavy atom. The Balaban J connectivity index is 2.44. The third-order valence-corrected chi connectivity index (χ3v) is 3.21. The van der Waals surface area contributed by atoms with E-state index in [0.717, 1.165) is 19.3 Å². The Hall–Kier alpha value is -1.26. The van der Waals surface area contributed by atoms with E-state index in [9.17, 15) is 9.59 Å². The highest BCUT2D eigenvalue weighted by molar-refractivity contribution is 5.82. The summed E-state index contributed by atoms with van der Waals surface area (Å²) in [5.41, 5.74) is -0.251. The molecule has 0 heterocycles. The van der Waals surface area contributed by atoms with Gasteiger partial charge in [0.1, 0.15) is 6.04 Å². The number of carboxylic acids is 1. The van der Waals surface area contributed by atoms with Crippen LogP contribution in [0.2, 0.25) is 0 Å². The van der Waals surface area contributed by atoms with Gasteiger partial charge in [-0.25, -0.2) is 9.59 Å². The van der Waals surface area contributed by atoms with E-state index < -0.39 is 12.0 Å². The second-order valence-corrected chi connectivity index (χ2v) is 5.27. The predicted molar refractivity (Wildman–Crippen MR) is 64.8 cm³/mol. The van der Waals surface area contributed by atoms with Crippen molar-refractivity contribution in [1.82, 2.24) is 10.6 Å². The van der Waals surface area contributed by atoms with Gasteiger partial charge in [-0.3, -0.25) is 0 Å². The lowest BCUT2D eigenvalue weighted by atomic mass is 9.99. The SMILES string of the molecule is CCC[C@@H](NC(=O)NC(C)(C)C1CC1)C(=O)O. The van der Waals surface area contributed by atoms with Gasteiger partial charge in [0, 0.05) is 5.54 Å². The molecule has 0 spiro atoms. The molecule has 0 aromatic rings. The first-order valence-corrected chi connectivity index (χ1v) is 6.18. The van der Waals surface area contributed by atoms with Crippen LogP contribution in [0.25, 0.3) is 0 Å². The minimum absolute atomic E-state index is 0.251. The van der Waals surface area contributed by atoms with Gasteiger partial charge < -0.3 is 15.7 Å². The van der Waals surface area contributed by atoms with Crippen molar-refractivity contribution in [3.8, 4) is 0 Å². The molecule has 1 aliphatic rings. The lowest BCUT2D eigenvalue weighted by molar-refractivity contribution is -0.139. The summed E-state index contributed by atoms with van der Waals surface area (Å²) in [5, 5.41) is 14.3. The Kier molecular flexibility index (Phi) is 4.37. The second kappa shape index (κ2) is 5.38. The molecule has 5 heteroatoms. The molecule has 1 rings (SSSR count). The molecule has 0 aromatic carbocycles. The van der Waals surface area contributed by atoms with Gasteiger partial charge >= 0.3 is 12.0 Å². The molecular weight excluding hydrogens is 220 g/mol. The number of carboxylic acid groups (broad SMARTS) is 1. The smallest absolute Gasteiger partial charge is 0.326 e. The molecule has 0 aromatic heterocycles. The number of carbonyl (C=O) groups excluding carboxylic acids is 1. The molecule has 1 aliphatic carbocycles. The van der Waals surface area contributed by atoms with E-state index in [-0.39, 0.29) is 11.6 Å². The van der Waals surface area contributed by atoms with Crippen LogP contribution in [0.1, 0.15) is 46.5 Å². The summed E-state index contributed by atoms with van der Waals surface area (Å²) >= 11 is 0. The summed E-state index contributed by atoms with van der Waals surface area (Å²) in [5.74, 6) is -0.464. The topological polar surface area (TPSA) is 78.4 Å². The van der Waals surface area contributed by atoms with Crippen molar-refractivity contribution in [2.24, 2.45) is 5.92 Å². The number of hydrogen-bond acceptors (Lipinski definition) is 2. The molecule has 0 aliphatic heterocycles. The van der Waals surface area contributed by atoms with E-state index in [1.54, 1.807) is 0 Å². The fourth-order valence-corrected chi connectivity index (χ4v) is 1.94. The number of rotatable bonds is 6. The average molecular weight is 242 g/mol. The van der Waals surface area contributed by atoms with Gasteiger partial charge in [-0.05, 0) is 39.0 Å². The van der Waals surface area contributed by atoms with Crippen LogP contribution in [-0.4, -0.2) is 28.7 Å². The molecule has 1 fully saturated rings. The van der Waals surface area contributed by atoms with Crippen molar-refractivity contribution in [3.05, 3.63) is 0 Å². The summed E-state index contributed by atoms with van der Waals surface area (Å²) < 4.78 is 0. The van der Waals surface area contributed by atoms with Crippen LogP contribution >= 0.6 is 0 Å². The van der Waals surface area contributed by atoms with E-state index in [1.165, 1.54) is 0 Å². The van der Waals surface area contributed by atoms with Crippen LogP contribution in [0, 0.1) is 5.92 Å². The third-order valence-electron chi connectivity index (χ3n) is 3.21. The van der Waals surface area contributed by atoms with Crippen molar-refractivity contribution >= 4 is 12.0 Å². The first-order valence-electron chi connectivity index (χ1n) is 6.18. The Morgan fingerprint density at radius 3 is 2.41 bits per heavy atom. The zero-order valence-corrected chi connectivity index (χ0v) is 10.7. The summed E-state index contributed by atoms with van der Waals surface area (Å²) in [7, 11) is 0. The predicted octanol–water partition coefficient (Wildman–Crippen LogP) is 1.73. The molecule has 3 N–H and O–H groups in total. The maximum Gasteiger partial charge on any atom is 0.326 e. The van der Waals surface area contributed by atoms with Crippen molar-refractivity contribution < 1.29 is 14.7 Å². The van der Waals surface area contributed by atoms with E-state index in [0.29, 0.717) is 12.3 Å². The van der Waals surface area contributed by atoms with Crippen molar-refractivity contribution in [2.45, 2.75) is 58.0 Å². The van der Waals surface area contributed by atoms with Crippen LogP contribution in [0.5, 0.6) is 0 Å². The monoisotopic (exact) mass is 242 g/mol. The number of urea groups is 1. The van der Waals surface area contributed by atoms with Gasteiger partial charge in [0.25, 0.3) is 0 Å². The first-order chi connectivity index (χ1) is 7.86. The third kappa shape index (κ3) is 4.24. The van der Waals surface area contributed by atoms with Crippen LogP contribution in [0.3, 0.4) is 0 Å². The first kappa shape index (κ1) is 13.8. The van der Waals surface area contributed by atoms with E-state index in [4.69, 9.17) is 5.11 Å². The molecule has 0 radical (unpaired) electrons. The molecule has 98 valence electrons. The zero-order chi connectivity index (χ0) is 13.1. The highest BCUT2D eigenvalue weighted by Gasteiger charge is 2.39. The fourth-order valence-electron chi connectivity index (χ4n) is 1.94. The van der Waals surface area contributed by atoms with Crippen LogP contribution < -0.4 is 10.6 Å². The second-order valence-electron chi connectivity index (χ2n) is 5.27. The molecule has 0 unspecified atom stereocenters. The normalized spacial score (nSPS) is 17.4. The lowest BCUT2D eigenvalue weighted by Crippen LogP contribution is -2.53. The quantitative estimate of drug-likeness (QED) is 0.663. The van der Waals surface area contributed by atoms with E-state index in [2.05, 4.69) is 10.6 Å². The van der Waals surface area contributed by atoms with Gasteiger partial charge in [-0.1, -0.05) is 13.3 Å². The van der Waals surface area contributed by atoms with Gasteiger partial charge in [0.05, 0.1) is 0 Å². The Labute approximate surface area is 102 Å². The van der Waals surface area contributed by atoms with Gasteiger partial charge in [-0.2, -0.15) is 0 Å². The van der Waals surface area contributed by atoms with Gasteiger partial charge in [0.15, 0.2) is 0 Å². The molecule has 5 nitrogen and oxygen atoms in total. The van der Waals surface area contributed by atoms with Crippen LogP contribution in [0.15, 0.2) is 0 Å². The summed E-state index contributed by atoms with van der Waals surface area (Å²) in [6.45, 7) is 5.84. The molecular formula is C12H22N2O3. The minimum atomic E-state index is -0.980.